The molecule has 3 aromatic rings. The molecule has 2 aromatic carbocycles. The molecule has 202 valence electrons. The molecule has 11 heteroatoms. The van der Waals surface area contributed by atoms with Crippen molar-refractivity contribution < 1.29 is 27.8 Å². The number of aromatic nitrogens is 2. The minimum atomic E-state index is -4.32. The van der Waals surface area contributed by atoms with Crippen LogP contribution in [-0.4, -0.2) is 53.1 Å². The number of aryl methyl sites for hydroxylation is 1. The van der Waals surface area contributed by atoms with Crippen LogP contribution in [0.5, 0.6) is 0 Å². The summed E-state index contributed by atoms with van der Waals surface area (Å²) in [6.45, 7) is 0.910. The molecule has 2 N–H and O–H groups in total. The first-order chi connectivity index (χ1) is 18.1. The lowest BCUT2D eigenvalue weighted by atomic mass is 9.87. The highest BCUT2D eigenvalue weighted by molar-refractivity contribution is 6.30. The van der Waals surface area contributed by atoms with Crippen molar-refractivity contribution >= 4 is 17.5 Å². The molecule has 1 amide bonds. The van der Waals surface area contributed by atoms with E-state index >= 15 is 0 Å². The quantitative estimate of drug-likeness (QED) is 0.395. The highest BCUT2D eigenvalue weighted by Crippen LogP contribution is 2.26. The second kappa shape index (κ2) is 11.7. The molecular weight excluding hydrogens is 523 g/mol. The van der Waals surface area contributed by atoms with E-state index in [0.717, 1.165) is 0 Å². The summed E-state index contributed by atoms with van der Waals surface area (Å²) in [6.07, 6.45) is -5.59. The van der Waals surface area contributed by atoms with Gasteiger partial charge in [-0.2, -0.15) is 13.2 Å². The molecule has 1 aliphatic heterocycles. The Bertz CT molecular complexity index is 1330. The van der Waals surface area contributed by atoms with Gasteiger partial charge in [-0.1, -0.05) is 35.9 Å². The number of benzene rings is 2. The molecule has 0 atom stereocenters. The van der Waals surface area contributed by atoms with Crippen molar-refractivity contribution in [1.29, 1.82) is 0 Å². The Balaban J connectivity index is 1.57. The van der Waals surface area contributed by atoms with Crippen LogP contribution in [0.2, 0.25) is 5.02 Å². The SMILES string of the molecule is O=C(NCC1(CO)COC1)c1cccc(Cn2c(CCCC(F)(F)F)nc(-c3ccc(Cl)cc3)cc2=O)c1. The smallest absolute Gasteiger partial charge is 0.389 e. The van der Waals surface area contributed by atoms with Gasteiger partial charge in [-0.05, 0) is 36.2 Å². The number of carbonyl (C=O) groups excluding carboxylic acids is 1. The normalized spacial score (nSPS) is 14.7. The van der Waals surface area contributed by atoms with E-state index in [9.17, 15) is 27.9 Å². The van der Waals surface area contributed by atoms with E-state index in [4.69, 9.17) is 16.3 Å². The van der Waals surface area contributed by atoms with Gasteiger partial charge in [-0.25, -0.2) is 4.98 Å². The second-order valence-electron chi connectivity index (χ2n) is 9.49. The van der Waals surface area contributed by atoms with E-state index in [1.165, 1.54) is 10.6 Å². The average Bonchev–Trinajstić information content (AvgIpc) is 2.85. The molecule has 2 heterocycles. The van der Waals surface area contributed by atoms with Gasteiger partial charge in [0, 0.05) is 41.6 Å². The molecule has 0 spiro atoms. The zero-order valence-corrected chi connectivity index (χ0v) is 21.2. The lowest BCUT2D eigenvalue weighted by Crippen LogP contribution is -2.53. The zero-order chi connectivity index (χ0) is 27.3. The van der Waals surface area contributed by atoms with Crippen molar-refractivity contribution in [3.05, 3.63) is 86.9 Å². The van der Waals surface area contributed by atoms with E-state index in [0.29, 0.717) is 40.6 Å². The Labute approximate surface area is 222 Å². The standard InChI is InChI=1S/C27H27ClF3N3O4/c28-21-8-6-19(7-9-21)22-12-24(36)34(23(33-22)5-2-10-27(29,30)31)13-18-3-1-4-20(11-18)25(37)32-14-26(15-35)16-38-17-26/h1,3-4,6-9,11-12,35H,2,5,10,13-17H2,(H,32,37). The number of rotatable bonds is 10. The van der Waals surface area contributed by atoms with E-state index in [2.05, 4.69) is 10.3 Å². The van der Waals surface area contributed by atoms with Crippen LogP contribution >= 0.6 is 11.6 Å². The van der Waals surface area contributed by atoms with Crippen LogP contribution < -0.4 is 10.9 Å². The highest BCUT2D eigenvalue weighted by atomic mass is 35.5. The number of amides is 1. The lowest BCUT2D eigenvalue weighted by molar-refractivity contribution is -0.135. The van der Waals surface area contributed by atoms with Gasteiger partial charge in [0.25, 0.3) is 11.5 Å². The first kappa shape index (κ1) is 27.8. The lowest BCUT2D eigenvalue weighted by Gasteiger charge is -2.39. The number of hydrogen-bond donors (Lipinski definition) is 2. The van der Waals surface area contributed by atoms with Crippen LogP contribution in [0.1, 0.15) is 34.6 Å². The maximum absolute atomic E-state index is 13.1. The van der Waals surface area contributed by atoms with Crippen molar-refractivity contribution in [2.75, 3.05) is 26.4 Å². The second-order valence-corrected chi connectivity index (χ2v) is 9.93. The van der Waals surface area contributed by atoms with Crippen molar-refractivity contribution in [2.24, 2.45) is 5.41 Å². The predicted molar refractivity (Wildman–Crippen MR) is 136 cm³/mol. The number of carbonyl (C=O) groups is 1. The average molecular weight is 550 g/mol. The number of aliphatic hydroxyl groups is 1. The van der Waals surface area contributed by atoms with Crippen LogP contribution in [0.25, 0.3) is 11.3 Å². The monoisotopic (exact) mass is 549 g/mol. The topological polar surface area (TPSA) is 93.4 Å². The molecule has 1 saturated heterocycles. The summed E-state index contributed by atoms with van der Waals surface area (Å²) in [7, 11) is 0. The third-order valence-electron chi connectivity index (χ3n) is 6.39. The van der Waals surface area contributed by atoms with Gasteiger partial charge in [0.05, 0.1) is 37.5 Å². The van der Waals surface area contributed by atoms with E-state index in [1.54, 1.807) is 48.5 Å². The van der Waals surface area contributed by atoms with Gasteiger partial charge >= 0.3 is 6.18 Å². The Kier molecular flexibility index (Phi) is 8.54. The number of nitrogens with zero attached hydrogens (tertiary/aromatic N) is 2. The molecular formula is C27H27ClF3N3O4. The van der Waals surface area contributed by atoms with Crippen LogP contribution in [-0.2, 0) is 17.7 Å². The Morgan fingerprint density at radius 2 is 1.89 bits per heavy atom. The van der Waals surface area contributed by atoms with Crippen molar-refractivity contribution in [3.8, 4) is 11.3 Å². The number of nitrogens with one attached hydrogen (secondary N) is 1. The van der Waals surface area contributed by atoms with Crippen LogP contribution in [0, 0.1) is 5.41 Å². The van der Waals surface area contributed by atoms with Crippen molar-refractivity contribution in [2.45, 2.75) is 32.0 Å². The van der Waals surface area contributed by atoms with Gasteiger partial charge in [-0.3, -0.25) is 14.2 Å². The van der Waals surface area contributed by atoms with Crippen LogP contribution in [0.15, 0.2) is 59.4 Å². The van der Waals surface area contributed by atoms with Crippen molar-refractivity contribution in [1.82, 2.24) is 14.9 Å². The van der Waals surface area contributed by atoms with Crippen molar-refractivity contribution in [3.63, 3.8) is 0 Å². The number of hydrogen-bond acceptors (Lipinski definition) is 5. The van der Waals surface area contributed by atoms with E-state index < -0.39 is 23.6 Å². The number of halogens is 4. The first-order valence-electron chi connectivity index (χ1n) is 12.1. The highest BCUT2D eigenvalue weighted by Gasteiger charge is 2.38. The number of aliphatic hydroxyl groups excluding tert-OH is 1. The Morgan fingerprint density at radius 3 is 2.53 bits per heavy atom. The molecule has 1 fully saturated rings. The maximum Gasteiger partial charge on any atom is 0.389 e. The molecule has 38 heavy (non-hydrogen) atoms. The summed E-state index contributed by atoms with van der Waals surface area (Å²) in [4.78, 5) is 30.4. The summed E-state index contributed by atoms with van der Waals surface area (Å²) in [6, 6.07) is 14.6. The predicted octanol–water partition coefficient (Wildman–Crippen LogP) is 4.24. The third-order valence-corrected chi connectivity index (χ3v) is 6.65. The molecule has 1 aromatic heterocycles. The molecule has 0 bridgehead atoms. The number of alkyl halides is 3. The minimum absolute atomic E-state index is 0.0314. The number of ether oxygens (including phenoxy) is 1. The molecule has 0 unspecified atom stereocenters. The molecule has 1 aliphatic rings. The Morgan fingerprint density at radius 1 is 1.16 bits per heavy atom. The maximum atomic E-state index is 13.1. The van der Waals surface area contributed by atoms with E-state index in [-0.39, 0.29) is 44.3 Å². The van der Waals surface area contributed by atoms with Gasteiger partial charge in [0.1, 0.15) is 5.82 Å². The van der Waals surface area contributed by atoms with Gasteiger partial charge < -0.3 is 15.2 Å². The minimum Gasteiger partial charge on any atom is -0.396 e. The first-order valence-corrected chi connectivity index (χ1v) is 12.4. The molecule has 0 aliphatic carbocycles. The summed E-state index contributed by atoms with van der Waals surface area (Å²) < 4.78 is 44.9. The molecule has 0 radical (unpaired) electrons. The molecule has 0 saturated carbocycles. The van der Waals surface area contributed by atoms with Gasteiger partial charge in [0.15, 0.2) is 0 Å². The largest absolute Gasteiger partial charge is 0.396 e. The fraction of sp³-hybridized carbons (Fsp3) is 0.370. The summed E-state index contributed by atoms with van der Waals surface area (Å²) in [5.41, 5.74) is 1.03. The summed E-state index contributed by atoms with van der Waals surface area (Å²) in [5, 5.41) is 12.9. The van der Waals surface area contributed by atoms with Gasteiger partial charge in [0.2, 0.25) is 0 Å². The Hall–Kier alpha value is -3.21. The fourth-order valence-corrected chi connectivity index (χ4v) is 4.26. The fourth-order valence-electron chi connectivity index (χ4n) is 4.13. The zero-order valence-electron chi connectivity index (χ0n) is 20.4. The molecule has 7 nitrogen and oxygen atoms in total. The van der Waals surface area contributed by atoms with Gasteiger partial charge in [-0.15, -0.1) is 0 Å². The third kappa shape index (κ3) is 7.00. The van der Waals surface area contributed by atoms with E-state index in [1.807, 2.05) is 0 Å². The summed E-state index contributed by atoms with van der Waals surface area (Å²) in [5.74, 6) is -0.128. The van der Waals surface area contributed by atoms with Crippen LogP contribution in [0.3, 0.4) is 0 Å². The molecule has 4 rings (SSSR count). The summed E-state index contributed by atoms with van der Waals surface area (Å²) >= 11 is 5.95. The van der Waals surface area contributed by atoms with Crippen LogP contribution in [0.4, 0.5) is 13.2 Å².